The molecule has 5 heteroatoms. The SMILES string of the molecule is C=C[CH]OS(=O)(=O)O. The number of hydrogen-bond donors (Lipinski definition) is 1. The van der Waals surface area contributed by atoms with Gasteiger partial charge in [-0.3, -0.25) is 4.55 Å². The standard InChI is InChI=1S/C3H5O4S/c1-2-3-7-8(4,5)6/h2-3H,1H2,(H,4,5,6). The van der Waals surface area contributed by atoms with Gasteiger partial charge < -0.3 is 0 Å². The molecule has 8 heavy (non-hydrogen) atoms. The molecule has 0 saturated heterocycles. The van der Waals surface area contributed by atoms with Crippen LogP contribution in [0, 0.1) is 6.61 Å². The fourth-order valence-electron chi connectivity index (χ4n) is 0.109. The molecular weight excluding hydrogens is 132 g/mol. The van der Waals surface area contributed by atoms with Crippen molar-refractivity contribution < 1.29 is 17.2 Å². The lowest BCUT2D eigenvalue weighted by molar-refractivity contribution is 0.335. The Hall–Kier alpha value is -0.390. The highest BCUT2D eigenvalue weighted by atomic mass is 32.3. The summed E-state index contributed by atoms with van der Waals surface area (Å²) < 4.78 is 30.8. The molecular formula is C3H5O4S. The van der Waals surface area contributed by atoms with E-state index >= 15 is 0 Å². The topological polar surface area (TPSA) is 63.6 Å². The average Bonchev–Trinajstić information content (AvgIpc) is 1.59. The van der Waals surface area contributed by atoms with Crippen LogP contribution in [-0.2, 0) is 14.6 Å². The Morgan fingerprint density at radius 3 is 2.25 bits per heavy atom. The van der Waals surface area contributed by atoms with Gasteiger partial charge in [-0.15, -0.1) is 6.58 Å². The van der Waals surface area contributed by atoms with E-state index in [1.165, 1.54) is 0 Å². The van der Waals surface area contributed by atoms with Gasteiger partial charge in [0.25, 0.3) is 0 Å². The van der Waals surface area contributed by atoms with Crippen molar-refractivity contribution in [1.82, 2.24) is 0 Å². The Labute approximate surface area is 47.7 Å². The first-order chi connectivity index (χ1) is 3.56. The van der Waals surface area contributed by atoms with Gasteiger partial charge in [0.05, 0.1) is 0 Å². The van der Waals surface area contributed by atoms with E-state index in [-0.39, 0.29) is 0 Å². The van der Waals surface area contributed by atoms with Crippen molar-refractivity contribution >= 4 is 10.4 Å². The molecule has 0 atom stereocenters. The predicted octanol–water partition coefficient (Wildman–Crippen LogP) is 0.154. The van der Waals surface area contributed by atoms with Crippen LogP contribution in [0.1, 0.15) is 0 Å². The second kappa shape index (κ2) is 2.81. The maximum Gasteiger partial charge on any atom is 0.398 e. The first-order valence-electron chi connectivity index (χ1n) is 1.66. The summed E-state index contributed by atoms with van der Waals surface area (Å²) in [6.45, 7) is 3.87. The number of hydrogen-bond acceptors (Lipinski definition) is 3. The minimum atomic E-state index is -4.31. The van der Waals surface area contributed by atoms with E-state index < -0.39 is 10.4 Å². The molecule has 0 unspecified atom stereocenters. The molecule has 0 aliphatic heterocycles. The highest BCUT2D eigenvalue weighted by Gasteiger charge is 1.99. The molecule has 0 aromatic rings. The summed E-state index contributed by atoms with van der Waals surface area (Å²) in [5, 5.41) is 0. The molecule has 1 N–H and O–H groups in total. The molecule has 47 valence electrons. The van der Waals surface area contributed by atoms with Gasteiger partial charge in [0, 0.05) is 0 Å². The van der Waals surface area contributed by atoms with Crippen molar-refractivity contribution in [1.29, 1.82) is 0 Å². The second-order valence-corrected chi connectivity index (χ2v) is 1.94. The van der Waals surface area contributed by atoms with Gasteiger partial charge in [0.2, 0.25) is 0 Å². The zero-order valence-corrected chi connectivity index (χ0v) is 4.76. The minimum Gasteiger partial charge on any atom is -0.264 e. The summed E-state index contributed by atoms with van der Waals surface area (Å²) in [6, 6.07) is 0. The lowest BCUT2D eigenvalue weighted by Gasteiger charge is -1.89. The van der Waals surface area contributed by atoms with Crippen molar-refractivity contribution in [2.45, 2.75) is 0 Å². The Morgan fingerprint density at radius 1 is 1.62 bits per heavy atom. The fourth-order valence-corrected chi connectivity index (χ4v) is 0.328. The third-order valence-electron chi connectivity index (χ3n) is 0.273. The zero-order valence-electron chi connectivity index (χ0n) is 3.94. The van der Waals surface area contributed by atoms with Crippen LogP contribution >= 0.6 is 0 Å². The van der Waals surface area contributed by atoms with Crippen molar-refractivity contribution in [2.24, 2.45) is 0 Å². The Bertz CT molecular complexity index is 156. The van der Waals surface area contributed by atoms with Crippen molar-refractivity contribution in [3.63, 3.8) is 0 Å². The fraction of sp³-hybridized carbons (Fsp3) is 0. The molecule has 0 bridgehead atoms. The van der Waals surface area contributed by atoms with Crippen LogP contribution in [0.5, 0.6) is 0 Å². The summed E-state index contributed by atoms with van der Waals surface area (Å²) in [7, 11) is -4.31. The maximum atomic E-state index is 9.64. The Kier molecular flexibility index (Phi) is 2.67. The van der Waals surface area contributed by atoms with E-state index in [2.05, 4.69) is 10.8 Å². The van der Waals surface area contributed by atoms with Crippen LogP contribution in [-0.4, -0.2) is 13.0 Å². The summed E-state index contributed by atoms with van der Waals surface area (Å²) in [4.78, 5) is 0. The van der Waals surface area contributed by atoms with Gasteiger partial charge in [-0.25, -0.2) is 4.18 Å². The molecule has 0 aliphatic carbocycles. The van der Waals surface area contributed by atoms with Crippen LogP contribution in [0.15, 0.2) is 12.7 Å². The third-order valence-corrected chi connectivity index (χ3v) is 0.628. The quantitative estimate of drug-likeness (QED) is 0.562. The van der Waals surface area contributed by atoms with E-state index in [0.717, 1.165) is 12.7 Å². The van der Waals surface area contributed by atoms with Crippen LogP contribution in [0.4, 0.5) is 0 Å². The predicted molar refractivity (Wildman–Crippen MR) is 27.1 cm³/mol. The Balaban J connectivity index is 3.57. The lowest BCUT2D eigenvalue weighted by Crippen LogP contribution is -1.98. The minimum absolute atomic E-state index is 0.759. The highest BCUT2D eigenvalue weighted by Crippen LogP contribution is 1.88. The van der Waals surface area contributed by atoms with Gasteiger partial charge in [-0.05, 0) is 0 Å². The summed E-state index contributed by atoms with van der Waals surface area (Å²) in [6.07, 6.45) is 1.09. The molecule has 0 heterocycles. The normalized spacial score (nSPS) is 11.1. The van der Waals surface area contributed by atoms with E-state index in [4.69, 9.17) is 4.55 Å². The Morgan fingerprint density at radius 2 is 2.12 bits per heavy atom. The van der Waals surface area contributed by atoms with E-state index in [0.29, 0.717) is 0 Å². The van der Waals surface area contributed by atoms with Gasteiger partial charge in [0.1, 0.15) is 6.61 Å². The molecule has 0 aromatic carbocycles. The highest BCUT2D eigenvalue weighted by molar-refractivity contribution is 7.80. The van der Waals surface area contributed by atoms with E-state index in [1.54, 1.807) is 0 Å². The van der Waals surface area contributed by atoms with E-state index in [1.807, 2.05) is 0 Å². The maximum absolute atomic E-state index is 9.64. The van der Waals surface area contributed by atoms with Gasteiger partial charge in [-0.1, -0.05) is 6.08 Å². The summed E-state index contributed by atoms with van der Waals surface area (Å²) in [5.41, 5.74) is 0. The molecule has 0 amide bonds. The van der Waals surface area contributed by atoms with Gasteiger partial charge in [-0.2, -0.15) is 8.42 Å². The van der Waals surface area contributed by atoms with Crippen molar-refractivity contribution in [2.75, 3.05) is 0 Å². The number of rotatable bonds is 3. The van der Waals surface area contributed by atoms with Crippen LogP contribution in [0.25, 0.3) is 0 Å². The van der Waals surface area contributed by atoms with E-state index in [9.17, 15) is 8.42 Å². The second-order valence-electron chi connectivity index (χ2n) is 0.896. The van der Waals surface area contributed by atoms with Gasteiger partial charge >= 0.3 is 10.4 Å². The molecule has 0 rings (SSSR count). The van der Waals surface area contributed by atoms with Crippen LogP contribution < -0.4 is 0 Å². The van der Waals surface area contributed by atoms with Gasteiger partial charge in [0.15, 0.2) is 0 Å². The average molecular weight is 137 g/mol. The molecule has 0 spiro atoms. The first kappa shape index (κ1) is 7.61. The van der Waals surface area contributed by atoms with Crippen molar-refractivity contribution in [3.8, 4) is 0 Å². The zero-order chi connectivity index (χ0) is 6.62. The molecule has 1 radical (unpaired) electrons. The summed E-state index contributed by atoms with van der Waals surface area (Å²) >= 11 is 0. The third kappa shape index (κ3) is 5.61. The monoisotopic (exact) mass is 137 g/mol. The molecule has 0 saturated carbocycles. The van der Waals surface area contributed by atoms with Crippen molar-refractivity contribution in [3.05, 3.63) is 19.3 Å². The lowest BCUT2D eigenvalue weighted by atomic mass is 10.7. The largest absolute Gasteiger partial charge is 0.398 e. The molecule has 0 aromatic heterocycles. The van der Waals surface area contributed by atoms with Crippen LogP contribution in [0.2, 0.25) is 0 Å². The summed E-state index contributed by atoms with van der Waals surface area (Å²) in [5.74, 6) is 0. The smallest absolute Gasteiger partial charge is 0.264 e. The van der Waals surface area contributed by atoms with Crippen LogP contribution in [0.3, 0.4) is 0 Å². The molecule has 0 aliphatic rings. The first-order valence-corrected chi connectivity index (χ1v) is 3.03. The molecule has 4 nitrogen and oxygen atoms in total. The molecule has 0 fully saturated rings.